The van der Waals surface area contributed by atoms with E-state index in [0.717, 1.165) is 6.54 Å². The third-order valence-corrected chi connectivity index (χ3v) is 4.45. The predicted molar refractivity (Wildman–Crippen MR) is 93.0 cm³/mol. The van der Waals surface area contributed by atoms with Gasteiger partial charge in [-0.05, 0) is 64.7 Å². The molecule has 2 rings (SSSR count). The SMILES string of the molecule is Cc1cc(CNC(C)(C)C)ccc1N1CCCCCC1C. The standard InChI is InChI=1S/C19H32N2/c1-15-13-17(14-20-19(3,4)5)10-11-18(15)21-12-8-6-7-9-16(21)2/h10-11,13,16,20H,6-9,12,14H2,1-5H3. The highest BCUT2D eigenvalue weighted by Crippen LogP contribution is 2.27. The third-order valence-electron chi connectivity index (χ3n) is 4.45. The predicted octanol–water partition coefficient (Wildman–Crippen LogP) is 4.65. The molecular weight excluding hydrogens is 256 g/mol. The summed E-state index contributed by atoms with van der Waals surface area (Å²) in [6.07, 6.45) is 5.42. The molecule has 2 heteroatoms. The molecule has 2 nitrogen and oxygen atoms in total. The summed E-state index contributed by atoms with van der Waals surface area (Å²) in [5.74, 6) is 0. The van der Waals surface area contributed by atoms with Crippen LogP contribution >= 0.6 is 0 Å². The maximum absolute atomic E-state index is 3.57. The molecule has 1 aliphatic rings. The van der Waals surface area contributed by atoms with Crippen molar-refractivity contribution in [3.05, 3.63) is 29.3 Å². The van der Waals surface area contributed by atoms with E-state index in [4.69, 9.17) is 0 Å². The maximum Gasteiger partial charge on any atom is 0.0398 e. The Labute approximate surface area is 130 Å². The van der Waals surface area contributed by atoms with Gasteiger partial charge in [0.25, 0.3) is 0 Å². The molecule has 0 bridgehead atoms. The Bertz CT molecular complexity index is 459. The fourth-order valence-corrected chi connectivity index (χ4v) is 3.15. The lowest BCUT2D eigenvalue weighted by Crippen LogP contribution is -2.35. The van der Waals surface area contributed by atoms with Crippen molar-refractivity contribution in [3.8, 4) is 0 Å². The smallest absolute Gasteiger partial charge is 0.0398 e. The molecule has 0 radical (unpaired) electrons. The van der Waals surface area contributed by atoms with Gasteiger partial charge in [-0.15, -0.1) is 0 Å². The third kappa shape index (κ3) is 4.74. The zero-order valence-corrected chi connectivity index (χ0v) is 14.5. The Morgan fingerprint density at radius 2 is 1.95 bits per heavy atom. The zero-order valence-electron chi connectivity index (χ0n) is 14.5. The van der Waals surface area contributed by atoms with Crippen LogP contribution < -0.4 is 10.2 Å². The van der Waals surface area contributed by atoms with E-state index in [2.05, 4.69) is 63.0 Å². The molecule has 0 saturated carbocycles. The summed E-state index contributed by atoms with van der Waals surface area (Å²) in [5, 5.41) is 3.57. The van der Waals surface area contributed by atoms with Gasteiger partial charge in [-0.2, -0.15) is 0 Å². The summed E-state index contributed by atoms with van der Waals surface area (Å²) in [6, 6.07) is 7.64. The van der Waals surface area contributed by atoms with Crippen molar-refractivity contribution >= 4 is 5.69 Å². The van der Waals surface area contributed by atoms with Gasteiger partial charge in [-0.25, -0.2) is 0 Å². The average Bonchev–Trinajstić information content (AvgIpc) is 2.61. The number of hydrogen-bond donors (Lipinski definition) is 1. The molecule has 21 heavy (non-hydrogen) atoms. The number of aryl methyl sites for hydroxylation is 1. The van der Waals surface area contributed by atoms with Crippen LogP contribution in [0.5, 0.6) is 0 Å². The van der Waals surface area contributed by atoms with Crippen molar-refractivity contribution < 1.29 is 0 Å². The van der Waals surface area contributed by atoms with Crippen LogP contribution in [-0.2, 0) is 6.54 Å². The topological polar surface area (TPSA) is 15.3 Å². The van der Waals surface area contributed by atoms with Crippen molar-refractivity contribution in [2.24, 2.45) is 0 Å². The number of nitrogens with one attached hydrogen (secondary N) is 1. The molecule has 1 heterocycles. The molecule has 0 aliphatic carbocycles. The number of rotatable bonds is 3. The van der Waals surface area contributed by atoms with Gasteiger partial charge in [0.1, 0.15) is 0 Å². The van der Waals surface area contributed by atoms with Crippen molar-refractivity contribution in [3.63, 3.8) is 0 Å². The van der Waals surface area contributed by atoms with Crippen LogP contribution in [0.25, 0.3) is 0 Å². The molecule has 1 aromatic carbocycles. The molecule has 1 N–H and O–H groups in total. The van der Waals surface area contributed by atoms with Gasteiger partial charge < -0.3 is 10.2 Å². The summed E-state index contributed by atoms with van der Waals surface area (Å²) in [7, 11) is 0. The first-order valence-electron chi connectivity index (χ1n) is 8.48. The second-order valence-corrected chi connectivity index (χ2v) is 7.62. The van der Waals surface area contributed by atoms with Gasteiger partial charge in [0.15, 0.2) is 0 Å². The van der Waals surface area contributed by atoms with Crippen molar-refractivity contribution in [2.75, 3.05) is 11.4 Å². The van der Waals surface area contributed by atoms with Crippen LogP contribution in [0.15, 0.2) is 18.2 Å². The summed E-state index contributed by atoms with van der Waals surface area (Å²) in [6.45, 7) is 13.4. The molecule has 118 valence electrons. The van der Waals surface area contributed by atoms with Gasteiger partial charge in [0.2, 0.25) is 0 Å². The Morgan fingerprint density at radius 1 is 1.19 bits per heavy atom. The van der Waals surface area contributed by atoms with Gasteiger partial charge in [0, 0.05) is 30.4 Å². The Kier molecular flexibility index (Phi) is 5.32. The van der Waals surface area contributed by atoms with Crippen molar-refractivity contribution in [2.45, 2.75) is 78.4 Å². The lowest BCUT2D eigenvalue weighted by atomic mass is 10.0. The van der Waals surface area contributed by atoms with Crippen molar-refractivity contribution in [1.82, 2.24) is 5.32 Å². The Balaban J connectivity index is 2.11. The van der Waals surface area contributed by atoms with Gasteiger partial charge in [0.05, 0.1) is 0 Å². The van der Waals surface area contributed by atoms with Gasteiger partial charge in [-0.1, -0.05) is 25.0 Å². The van der Waals surface area contributed by atoms with Crippen LogP contribution in [0.4, 0.5) is 5.69 Å². The van der Waals surface area contributed by atoms with Crippen LogP contribution in [0.1, 0.15) is 64.5 Å². The molecule has 0 spiro atoms. The largest absolute Gasteiger partial charge is 0.369 e. The van der Waals surface area contributed by atoms with Crippen LogP contribution in [0, 0.1) is 6.92 Å². The van der Waals surface area contributed by atoms with E-state index in [-0.39, 0.29) is 5.54 Å². The molecule has 1 saturated heterocycles. The first-order valence-corrected chi connectivity index (χ1v) is 8.48. The van der Waals surface area contributed by atoms with E-state index in [1.807, 2.05) is 0 Å². The fourth-order valence-electron chi connectivity index (χ4n) is 3.15. The summed E-state index contributed by atoms with van der Waals surface area (Å²) >= 11 is 0. The number of benzene rings is 1. The number of nitrogens with zero attached hydrogens (tertiary/aromatic N) is 1. The first kappa shape index (κ1) is 16.4. The molecule has 0 aromatic heterocycles. The molecule has 1 aliphatic heterocycles. The lowest BCUT2D eigenvalue weighted by molar-refractivity contribution is 0.424. The Hall–Kier alpha value is -1.02. The maximum atomic E-state index is 3.57. The highest BCUT2D eigenvalue weighted by molar-refractivity contribution is 5.55. The number of hydrogen-bond acceptors (Lipinski definition) is 2. The highest BCUT2D eigenvalue weighted by Gasteiger charge is 2.19. The van der Waals surface area contributed by atoms with E-state index < -0.39 is 0 Å². The first-order chi connectivity index (χ1) is 9.87. The second kappa shape index (κ2) is 6.83. The molecule has 1 unspecified atom stereocenters. The van der Waals surface area contributed by atoms with E-state index in [1.165, 1.54) is 49.0 Å². The minimum atomic E-state index is 0.172. The van der Waals surface area contributed by atoms with E-state index in [0.29, 0.717) is 6.04 Å². The highest BCUT2D eigenvalue weighted by atomic mass is 15.2. The normalized spacial score (nSPS) is 20.4. The molecule has 1 atom stereocenters. The van der Waals surface area contributed by atoms with Crippen LogP contribution in [0.3, 0.4) is 0 Å². The Morgan fingerprint density at radius 3 is 2.62 bits per heavy atom. The van der Waals surface area contributed by atoms with Gasteiger partial charge >= 0.3 is 0 Å². The van der Waals surface area contributed by atoms with E-state index >= 15 is 0 Å². The average molecular weight is 288 g/mol. The molecular formula is C19H32N2. The summed E-state index contributed by atoms with van der Waals surface area (Å²) in [5.41, 5.74) is 4.40. The fraction of sp³-hybridized carbons (Fsp3) is 0.684. The molecule has 1 aromatic rings. The number of anilines is 1. The van der Waals surface area contributed by atoms with E-state index in [1.54, 1.807) is 0 Å². The van der Waals surface area contributed by atoms with Crippen molar-refractivity contribution in [1.29, 1.82) is 0 Å². The van der Waals surface area contributed by atoms with Gasteiger partial charge in [-0.3, -0.25) is 0 Å². The minimum absolute atomic E-state index is 0.172. The quantitative estimate of drug-likeness (QED) is 0.870. The van der Waals surface area contributed by atoms with Crippen LogP contribution in [0.2, 0.25) is 0 Å². The summed E-state index contributed by atoms with van der Waals surface area (Å²) < 4.78 is 0. The zero-order chi connectivity index (χ0) is 15.5. The van der Waals surface area contributed by atoms with Crippen LogP contribution in [-0.4, -0.2) is 18.1 Å². The minimum Gasteiger partial charge on any atom is -0.369 e. The second-order valence-electron chi connectivity index (χ2n) is 7.62. The molecule has 0 amide bonds. The van der Waals surface area contributed by atoms with E-state index in [9.17, 15) is 0 Å². The summed E-state index contributed by atoms with van der Waals surface area (Å²) in [4.78, 5) is 2.61. The molecule has 1 fully saturated rings. The lowest BCUT2D eigenvalue weighted by Gasteiger charge is -2.31. The monoisotopic (exact) mass is 288 g/mol.